The standard InChI is InChI=1S/C34H34F4N4O2/c35-27-13-7-12-26(34(36,37)38)25(27)21-41-29-14-15-33(16-18-40(19-17-33)20-23-8-3-1-4-9-23)30(29)31(43)42(32(41)44)22-28(39)24-10-5-2-6-11-24/h1-13,28H,14-22,39H2/t28-/m0/s1. The molecule has 10 heteroatoms. The molecule has 44 heavy (non-hydrogen) atoms. The number of hydrogen-bond acceptors (Lipinski definition) is 4. The van der Waals surface area contributed by atoms with Gasteiger partial charge in [-0.25, -0.2) is 9.18 Å². The van der Waals surface area contributed by atoms with Gasteiger partial charge in [0, 0.05) is 34.8 Å². The van der Waals surface area contributed by atoms with Crippen LogP contribution in [-0.2, 0) is 37.6 Å². The third-order valence-electron chi connectivity index (χ3n) is 9.32. The smallest absolute Gasteiger partial charge is 0.322 e. The second kappa shape index (κ2) is 11.8. The summed E-state index contributed by atoms with van der Waals surface area (Å²) in [5, 5.41) is 0. The molecule has 230 valence electrons. The van der Waals surface area contributed by atoms with Gasteiger partial charge in [0.25, 0.3) is 5.56 Å². The first-order chi connectivity index (χ1) is 21.1. The summed E-state index contributed by atoms with van der Waals surface area (Å²) in [7, 11) is 0. The Hall–Kier alpha value is -4.02. The Morgan fingerprint density at radius 3 is 2.14 bits per heavy atom. The number of nitrogens with zero attached hydrogens (tertiary/aromatic N) is 3. The van der Waals surface area contributed by atoms with E-state index in [0.717, 1.165) is 42.4 Å². The van der Waals surface area contributed by atoms with Crippen LogP contribution >= 0.6 is 0 Å². The van der Waals surface area contributed by atoms with E-state index >= 15 is 4.39 Å². The zero-order valence-electron chi connectivity index (χ0n) is 24.2. The van der Waals surface area contributed by atoms with Crippen LogP contribution in [-0.4, -0.2) is 27.1 Å². The Morgan fingerprint density at radius 2 is 1.48 bits per heavy atom. The Kier molecular flexibility index (Phi) is 8.06. The van der Waals surface area contributed by atoms with E-state index in [2.05, 4.69) is 17.0 Å². The summed E-state index contributed by atoms with van der Waals surface area (Å²) in [5.74, 6) is -1.05. The molecular weight excluding hydrogens is 572 g/mol. The number of likely N-dealkylation sites (tertiary alicyclic amines) is 1. The van der Waals surface area contributed by atoms with Gasteiger partial charge >= 0.3 is 11.9 Å². The van der Waals surface area contributed by atoms with E-state index in [0.29, 0.717) is 42.5 Å². The number of aromatic nitrogens is 2. The van der Waals surface area contributed by atoms with Crippen molar-refractivity contribution in [1.82, 2.24) is 14.0 Å². The zero-order valence-corrected chi connectivity index (χ0v) is 24.2. The lowest BCUT2D eigenvalue weighted by Gasteiger charge is -2.40. The van der Waals surface area contributed by atoms with Crippen LogP contribution in [0.3, 0.4) is 0 Å². The summed E-state index contributed by atoms with van der Waals surface area (Å²) in [6.45, 7) is 1.42. The normalized spacial score (nSPS) is 17.1. The van der Waals surface area contributed by atoms with Crippen molar-refractivity contribution in [2.75, 3.05) is 13.1 Å². The Balaban J connectivity index is 1.43. The fourth-order valence-corrected chi connectivity index (χ4v) is 6.97. The molecule has 3 aromatic carbocycles. The number of fused-ring (bicyclic) bond motifs is 2. The molecule has 0 amide bonds. The second-order valence-electron chi connectivity index (χ2n) is 11.9. The van der Waals surface area contributed by atoms with Crippen molar-refractivity contribution >= 4 is 0 Å². The molecule has 6 rings (SSSR count). The van der Waals surface area contributed by atoms with Gasteiger partial charge in [0.05, 0.1) is 18.7 Å². The lowest BCUT2D eigenvalue weighted by Crippen LogP contribution is -2.49. The third-order valence-corrected chi connectivity index (χ3v) is 9.32. The molecule has 0 bridgehead atoms. The molecule has 2 N–H and O–H groups in total. The molecule has 1 atom stereocenters. The van der Waals surface area contributed by atoms with Gasteiger partial charge in [-0.3, -0.25) is 18.8 Å². The molecule has 4 aromatic rings. The van der Waals surface area contributed by atoms with Crippen LogP contribution in [0.1, 0.15) is 58.8 Å². The van der Waals surface area contributed by atoms with E-state index in [1.807, 2.05) is 24.3 Å². The van der Waals surface area contributed by atoms with Crippen molar-refractivity contribution in [2.24, 2.45) is 5.73 Å². The molecule has 1 aromatic heterocycles. The molecule has 0 radical (unpaired) electrons. The summed E-state index contributed by atoms with van der Waals surface area (Å²) < 4.78 is 59.1. The van der Waals surface area contributed by atoms with Crippen LogP contribution < -0.4 is 17.0 Å². The number of piperidine rings is 1. The minimum atomic E-state index is -4.82. The van der Waals surface area contributed by atoms with E-state index in [1.54, 1.807) is 24.3 Å². The van der Waals surface area contributed by atoms with Crippen molar-refractivity contribution < 1.29 is 17.6 Å². The number of alkyl halides is 3. The van der Waals surface area contributed by atoms with Gasteiger partial charge < -0.3 is 5.73 Å². The van der Waals surface area contributed by atoms with Crippen molar-refractivity contribution in [3.63, 3.8) is 0 Å². The Morgan fingerprint density at radius 1 is 0.818 bits per heavy atom. The van der Waals surface area contributed by atoms with Crippen molar-refractivity contribution in [1.29, 1.82) is 0 Å². The van der Waals surface area contributed by atoms with Gasteiger partial charge in [-0.15, -0.1) is 0 Å². The summed E-state index contributed by atoms with van der Waals surface area (Å²) in [6, 6.07) is 21.2. The minimum Gasteiger partial charge on any atom is -0.322 e. The number of benzene rings is 3. The highest BCUT2D eigenvalue weighted by Crippen LogP contribution is 2.45. The SMILES string of the molecule is N[C@@H](Cn1c(=O)c2c(n(Cc3c(F)cccc3C(F)(F)F)c1=O)CCC21CCN(Cc2ccccc2)CC1)c1ccccc1. The van der Waals surface area contributed by atoms with Gasteiger partial charge in [-0.1, -0.05) is 66.7 Å². The first kappa shape index (κ1) is 30.0. The van der Waals surface area contributed by atoms with Gasteiger partial charge in [-0.05, 0) is 62.0 Å². The van der Waals surface area contributed by atoms with Gasteiger partial charge in [0.15, 0.2) is 0 Å². The van der Waals surface area contributed by atoms with Crippen LogP contribution in [0.5, 0.6) is 0 Å². The minimum absolute atomic E-state index is 0.158. The highest BCUT2D eigenvalue weighted by Gasteiger charge is 2.46. The van der Waals surface area contributed by atoms with E-state index in [-0.39, 0.29) is 6.54 Å². The lowest BCUT2D eigenvalue weighted by molar-refractivity contribution is -0.138. The predicted octanol–water partition coefficient (Wildman–Crippen LogP) is 5.40. The topological polar surface area (TPSA) is 73.3 Å². The van der Waals surface area contributed by atoms with Crippen LogP contribution in [0.2, 0.25) is 0 Å². The van der Waals surface area contributed by atoms with Crippen molar-refractivity contribution in [2.45, 2.75) is 63.0 Å². The molecule has 6 nitrogen and oxygen atoms in total. The third kappa shape index (κ3) is 5.64. The van der Waals surface area contributed by atoms with E-state index in [1.165, 1.54) is 10.1 Å². The first-order valence-electron chi connectivity index (χ1n) is 14.9. The maximum absolute atomic E-state index is 15.0. The molecule has 2 heterocycles. The molecule has 1 saturated heterocycles. The molecule has 0 saturated carbocycles. The van der Waals surface area contributed by atoms with Gasteiger partial charge in [0.2, 0.25) is 0 Å². The van der Waals surface area contributed by atoms with Crippen molar-refractivity contribution in [3.05, 3.63) is 139 Å². The fraction of sp³-hybridized carbons (Fsp3) is 0.353. The van der Waals surface area contributed by atoms with E-state index < -0.39 is 52.4 Å². The monoisotopic (exact) mass is 606 g/mol. The number of nitrogens with two attached hydrogens (primary N) is 1. The predicted molar refractivity (Wildman–Crippen MR) is 160 cm³/mol. The summed E-state index contributed by atoms with van der Waals surface area (Å²) in [4.78, 5) is 30.5. The van der Waals surface area contributed by atoms with Crippen LogP contribution in [0, 0.1) is 5.82 Å². The molecule has 1 spiro atoms. The number of hydrogen-bond donors (Lipinski definition) is 1. The first-order valence-corrected chi connectivity index (χ1v) is 14.9. The lowest BCUT2D eigenvalue weighted by atomic mass is 9.74. The molecule has 1 aliphatic carbocycles. The highest BCUT2D eigenvalue weighted by molar-refractivity contribution is 5.37. The summed E-state index contributed by atoms with van der Waals surface area (Å²) in [5.41, 5.74) is 5.68. The molecule has 2 aliphatic rings. The Labute approximate surface area is 252 Å². The molecule has 1 fully saturated rings. The maximum atomic E-state index is 15.0. The summed E-state index contributed by atoms with van der Waals surface area (Å²) >= 11 is 0. The van der Waals surface area contributed by atoms with Crippen LogP contribution in [0.25, 0.3) is 0 Å². The second-order valence-corrected chi connectivity index (χ2v) is 11.9. The van der Waals surface area contributed by atoms with Crippen LogP contribution in [0.4, 0.5) is 17.6 Å². The summed E-state index contributed by atoms with van der Waals surface area (Å²) in [6.07, 6.45) is -2.55. The average Bonchev–Trinajstić information content (AvgIpc) is 3.38. The zero-order chi connectivity index (χ0) is 31.1. The molecule has 1 aliphatic heterocycles. The van der Waals surface area contributed by atoms with E-state index in [4.69, 9.17) is 5.73 Å². The van der Waals surface area contributed by atoms with Crippen molar-refractivity contribution in [3.8, 4) is 0 Å². The highest BCUT2D eigenvalue weighted by atomic mass is 19.4. The number of rotatable bonds is 7. The van der Waals surface area contributed by atoms with Gasteiger partial charge in [0.1, 0.15) is 5.82 Å². The molecular formula is C34H34F4N4O2. The van der Waals surface area contributed by atoms with E-state index in [9.17, 15) is 22.8 Å². The average molecular weight is 607 g/mol. The largest absolute Gasteiger partial charge is 0.416 e. The fourth-order valence-electron chi connectivity index (χ4n) is 6.97. The Bertz CT molecular complexity index is 1760. The quantitative estimate of drug-likeness (QED) is 0.286. The number of halogens is 4. The van der Waals surface area contributed by atoms with Crippen LogP contribution in [0.15, 0.2) is 88.5 Å². The molecule has 0 unspecified atom stereocenters. The maximum Gasteiger partial charge on any atom is 0.416 e. The van der Waals surface area contributed by atoms with Gasteiger partial charge in [-0.2, -0.15) is 13.2 Å².